The first-order valence-electron chi connectivity index (χ1n) is 9.47. The van der Waals surface area contributed by atoms with Gasteiger partial charge >= 0.3 is 0 Å². The van der Waals surface area contributed by atoms with Gasteiger partial charge in [0.25, 0.3) is 0 Å². The van der Waals surface area contributed by atoms with E-state index in [1.807, 2.05) is 49.4 Å². The molecule has 29 heavy (non-hydrogen) atoms. The summed E-state index contributed by atoms with van der Waals surface area (Å²) in [6.07, 6.45) is 3.81. The molecular weight excluding hydrogens is 388 g/mol. The van der Waals surface area contributed by atoms with Crippen LogP contribution in [0.3, 0.4) is 0 Å². The van der Waals surface area contributed by atoms with Crippen LogP contribution < -0.4 is 10.2 Å². The second kappa shape index (κ2) is 8.59. The van der Waals surface area contributed by atoms with Crippen LogP contribution in [0.4, 0.5) is 17.7 Å². The highest BCUT2D eigenvalue weighted by Crippen LogP contribution is 2.18. The van der Waals surface area contributed by atoms with Gasteiger partial charge in [-0.15, -0.1) is 0 Å². The highest BCUT2D eigenvalue weighted by atomic mass is 35.5. The zero-order chi connectivity index (χ0) is 20.2. The number of aryl methyl sites for hydroxylation is 1. The molecule has 8 nitrogen and oxygen atoms in total. The van der Waals surface area contributed by atoms with Crippen LogP contribution in [0.5, 0.6) is 0 Å². The molecule has 1 saturated heterocycles. The number of nitrogens with zero attached hydrogens (tertiary/aromatic N) is 6. The third kappa shape index (κ3) is 5.10. The topological polar surface area (TPSA) is 85.9 Å². The van der Waals surface area contributed by atoms with Gasteiger partial charge in [-0.2, -0.15) is 20.1 Å². The van der Waals surface area contributed by atoms with Gasteiger partial charge in [-0.3, -0.25) is 5.10 Å². The van der Waals surface area contributed by atoms with E-state index in [2.05, 4.69) is 47.3 Å². The van der Waals surface area contributed by atoms with Crippen LogP contribution in [0.15, 0.2) is 30.3 Å². The quantitative estimate of drug-likeness (QED) is 0.667. The number of halogens is 1. The molecule has 4 rings (SSSR count). The van der Waals surface area contributed by atoms with Crippen LogP contribution in [0.25, 0.3) is 12.2 Å². The number of aromatic nitrogens is 5. The summed E-state index contributed by atoms with van der Waals surface area (Å²) in [5.74, 6) is 2.37. The zero-order valence-electron chi connectivity index (χ0n) is 16.4. The van der Waals surface area contributed by atoms with Crippen molar-refractivity contribution >= 4 is 41.5 Å². The van der Waals surface area contributed by atoms with E-state index in [9.17, 15) is 0 Å². The number of benzene rings is 1. The number of nitrogens with one attached hydrogen (secondary N) is 2. The summed E-state index contributed by atoms with van der Waals surface area (Å²) in [7, 11) is 2.12. The lowest BCUT2D eigenvalue weighted by molar-refractivity contribution is 0.311. The molecule has 1 aromatic carbocycles. The minimum atomic E-state index is 0.464. The summed E-state index contributed by atoms with van der Waals surface area (Å²) in [5, 5.41) is 11.0. The summed E-state index contributed by atoms with van der Waals surface area (Å²) in [6.45, 7) is 5.64. The predicted octanol–water partition coefficient (Wildman–Crippen LogP) is 3.22. The molecule has 3 aromatic rings. The van der Waals surface area contributed by atoms with Crippen molar-refractivity contribution in [3.8, 4) is 0 Å². The maximum Gasteiger partial charge on any atom is 0.233 e. The number of anilines is 3. The molecule has 9 heteroatoms. The molecule has 1 aliphatic heterocycles. The highest BCUT2D eigenvalue weighted by molar-refractivity contribution is 6.30. The predicted molar refractivity (Wildman–Crippen MR) is 117 cm³/mol. The summed E-state index contributed by atoms with van der Waals surface area (Å²) in [5.41, 5.74) is 1.94. The van der Waals surface area contributed by atoms with Gasteiger partial charge in [0.1, 0.15) is 0 Å². The number of likely N-dealkylation sites (N-methyl/N-ethyl adjacent to an activating group) is 1. The monoisotopic (exact) mass is 410 g/mol. The molecular formula is C20H23ClN8. The van der Waals surface area contributed by atoms with E-state index >= 15 is 0 Å². The van der Waals surface area contributed by atoms with Gasteiger partial charge < -0.3 is 15.1 Å². The van der Waals surface area contributed by atoms with Crippen LogP contribution >= 0.6 is 11.6 Å². The molecule has 1 aliphatic rings. The Morgan fingerprint density at radius 2 is 1.90 bits per heavy atom. The van der Waals surface area contributed by atoms with Gasteiger partial charge in [-0.1, -0.05) is 29.8 Å². The van der Waals surface area contributed by atoms with Gasteiger partial charge in [-0.25, -0.2) is 0 Å². The summed E-state index contributed by atoms with van der Waals surface area (Å²) in [4.78, 5) is 18.3. The molecule has 0 aliphatic carbocycles. The van der Waals surface area contributed by atoms with Crippen molar-refractivity contribution in [1.29, 1.82) is 0 Å². The average Bonchev–Trinajstić information content (AvgIpc) is 3.11. The van der Waals surface area contributed by atoms with Gasteiger partial charge in [0.15, 0.2) is 11.6 Å². The van der Waals surface area contributed by atoms with Crippen molar-refractivity contribution in [2.75, 3.05) is 43.4 Å². The molecule has 0 bridgehead atoms. The van der Waals surface area contributed by atoms with Gasteiger partial charge in [0.05, 0.1) is 0 Å². The van der Waals surface area contributed by atoms with E-state index in [1.165, 1.54) is 0 Å². The summed E-state index contributed by atoms with van der Waals surface area (Å²) < 4.78 is 0. The normalized spacial score (nSPS) is 15.2. The number of hydrogen-bond donors (Lipinski definition) is 2. The minimum absolute atomic E-state index is 0.464. The van der Waals surface area contributed by atoms with E-state index < -0.39 is 0 Å². The first-order valence-corrected chi connectivity index (χ1v) is 9.85. The van der Waals surface area contributed by atoms with Crippen molar-refractivity contribution in [2.45, 2.75) is 6.92 Å². The zero-order valence-corrected chi connectivity index (χ0v) is 17.2. The Morgan fingerprint density at radius 1 is 1.07 bits per heavy atom. The van der Waals surface area contributed by atoms with E-state index in [4.69, 9.17) is 11.6 Å². The molecule has 0 radical (unpaired) electrons. The maximum absolute atomic E-state index is 6.08. The fraction of sp³-hybridized carbons (Fsp3) is 0.300. The van der Waals surface area contributed by atoms with Gasteiger partial charge in [0.2, 0.25) is 11.9 Å². The molecule has 0 saturated carbocycles. The Morgan fingerprint density at radius 3 is 2.62 bits per heavy atom. The van der Waals surface area contributed by atoms with E-state index in [-0.39, 0.29) is 0 Å². The van der Waals surface area contributed by atoms with Gasteiger partial charge in [-0.05, 0) is 37.7 Å². The number of hydrogen-bond acceptors (Lipinski definition) is 7. The van der Waals surface area contributed by atoms with Crippen LogP contribution in [0.1, 0.15) is 17.1 Å². The van der Waals surface area contributed by atoms with Crippen molar-refractivity contribution < 1.29 is 0 Å². The van der Waals surface area contributed by atoms with Crippen LogP contribution in [0, 0.1) is 6.92 Å². The molecule has 0 amide bonds. The third-order valence-electron chi connectivity index (χ3n) is 4.65. The fourth-order valence-corrected chi connectivity index (χ4v) is 3.24. The number of piperazine rings is 1. The van der Waals surface area contributed by atoms with Crippen LogP contribution in [0.2, 0.25) is 5.02 Å². The molecule has 1 fully saturated rings. The smallest absolute Gasteiger partial charge is 0.233 e. The molecule has 0 atom stereocenters. The van der Waals surface area contributed by atoms with Crippen molar-refractivity contribution in [3.63, 3.8) is 0 Å². The Kier molecular flexibility index (Phi) is 5.73. The van der Waals surface area contributed by atoms with Crippen molar-refractivity contribution in [2.24, 2.45) is 0 Å². The molecule has 3 heterocycles. The molecule has 2 aromatic heterocycles. The lowest BCUT2D eigenvalue weighted by Crippen LogP contribution is -2.45. The largest absolute Gasteiger partial charge is 0.338 e. The first-order chi connectivity index (χ1) is 14.0. The maximum atomic E-state index is 6.08. The Bertz CT molecular complexity index is 1010. The van der Waals surface area contributed by atoms with E-state index in [0.717, 1.165) is 37.4 Å². The Balaban J connectivity index is 1.63. The second-order valence-corrected chi connectivity index (χ2v) is 7.49. The summed E-state index contributed by atoms with van der Waals surface area (Å²) in [6, 6.07) is 9.54. The lowest BCUT2D eigenvalue weighted by atomic mass is 10.2. The first kappa shape index (κ1) is 19.4. The minimum Gasteiger partial charge on any atom is -0.338 e. The number of rotatable bonds is 5. The molecule has 150 valence electrons. The highest BCUT2D eigenvalue weighted by Gasteiger charge is 2.18. The Labute approximate surface area is 174 Å². The Hall–Kier alpha value is -2.97. The lowest BCUT2D eigenvalue weighted by Gasteiger charge is -2.32. The summed E-state index contributed by atoms with van der Waals surface area (Å²) >= 11 is 6.08. The van der Waals surface area contributed by atoms with Crippen LogP contribution in [-0.4, -0.2) is 63.3 Å². The van der Waals surface area contributed by atoms with Crippen molar-refractivity contribution in [1.82, 2.24) is 30.0 Å². The number of aromatic amines is 1. The fourth-order valence-electron chi connectivity index (χ4n) is 3.04. The molecule has 2 N–H and O–H groups in total. The SMILES string of the molecule is Cc1cc(Nc2nc(/C=C/c3cccc(Cl)c3)nc(N3CCN(C)CC3)n2)n[nH]1. The molecule has 0 unspecified atom stereocenters. The standard InChI is InChI=1S/C20H23ClN8/c1-14-12-18(27-26-14)23-19-22-17(7-6-15-4-3-5-16(21)13-15)24-20(25-19)29-10-8-28(2)9-11-29/h3-7,12-13H,8-11H2,1-2H3,(H2,22,23,24,25,26,27)/b7-6+. The average molecular weight is 411 g/mol. The van der Waals surface area contributed by atoms with E-state index in [1.54, 1.807) is 0 Å². The third-order valence-corrected chi connectivity index (χ3v) is 4.88. The molecule has 0 spiro atoms. The van der Waals surface area contributed by atoms with E-state index in [0.29, 0.717) is 28.6 Å². The van der Waals surface area contributed by atoms with Gasteiger partial charge in [0, 0.05) is 43.0 Å². The second-order valence-electron chi connectivity index (χ2n) is 7.06. The van der Waals surface area contributed by atoms with Crippen LogP contribution in [-0.2, 0) is 0 Å². The number of H-pyrrole nitrogens is 1. The van der Waals surface area contributed by atoms with Crippen molar-refractivity contribution in [3.05, 3.63) is 52.4 Å².